The van der Waals surface area contributed by atoms with Crippen LogP contribution < -0.4 is 10.6 Å². The summed E-state index contributed by atoms with van der Waals surface area (Å²) in [7, 11) is 0. The van der Waals surface area contributed by atoms with E-state index in [4.69, 9.17) is 16.6 Å². The van der Waals surface area contributed by atoms with Crippen LogP contribution in [0.15, 0.2) is 23.6 Å². The van der Waals surface area contributed by atoms with Crippen molar-refractivity contribution in [1.82, 2.24) is 9.97 Å². The lowest BCUT2D eigenvalue weighted by Crippen LogP contribution is -2.10. The molecule has 5 nitrogen and oxygen atoms in total. The number of anilines is 3. The summed E-state index contributed by atoms with van der Waals surface area (Å²) in [5, 5.41) is 10.4. The second-order valence-electron chi connectivity index (χ2n) is 6.91. The maximum atomic E-state index is 12.1. The van der Waals surface area contributed by atoms with Crippen molar-refractivity contribution in [2.24, 2.45) is 0 Å². The zero-order valence-corrected chi connectivity index (χ0v) is 19.2. The highest BCUT2D eigenvalue weighted by Crippen LogP contribution is 2.35. The van der Waals surface area contributed by atoms with Crippen LogP contribution >= 0.6 is 34.3 Å². The van der Waals surface area contributed by atoms with Gasteiger partial charge in [-0.1, -0.05) is 55.2 Å². The molecule has 154 valence electrons. The lowest BCUT2D eigenvalue weighted by molar-refractivity contribution is -0.116. The molecule has 0 saturated carbocycles. The molecule has 2 aromatic heterocycles. The first-order chi connectivity index (χ1) is 14.0. The number of benzene rings is 1. The van der Waals surface area contributed by atoms with Crippen LogP contribution in [0, 0.1) is 13.8 Å². The molecule has 0 bridgehead atoms. The first kappa shape index (κ1) is 21.7. The number of unbranched alkanes of at least 4 members (excludes halogenated alkanes) is 3. The van der Waals surface area contributed by atoms with Crippen LogP contribution in [0.25, 0.3) is 10.6 Å². The summed E-state index contributed by atoms with van der Waals surface area (Å²) in [6, 6.07) is 5.74. The Hall–Kier alpha value is -1.96. The first-order valence-electron chi connectivity index (χ1n) is 9.72. The number of aryl methyl sites for hydroxylation is 2. The molecule has 3 aromatic rings. The number of rotatable bonds is 9. The van der Waals surface area contributed by atoms with Crippen molar-refractivity contribution in [3.8, 4) is 10.6 Å². The van der Waals surface area contributed by atoms with Crippen LogP contribution in [0.4, 0.5) is 16.0 Å². The molecule has 2 N–H and O–H groups in total. The highest BCUT2D eigenvalue weighted by atomic mass is 35.5. The highest BCUT2D eigenvalue weighted by molar-refractivity contribution is 7.20. The second kappa shape index (κ2) is 10.2. The molecule has 0 atom stereocenters. The fourth-order valence-electron chi connectivity index (χ4n) is 2.86. The zero-order chi connectivity index (χ0) is 20.8. The number of thiazole rings is 2. The fraction of sp³-hybridized carbons (Fsp3) is 0.381. The van der Waals surface area contributed by atoms with Crippen LogP contribution in [0.5, 0.6) is 0 Å². The quantitative estimate of drug-likeness (QED) is 0.340. The van der Waals surface area contributed by atoms with Crippen molar-refractivity contribution in [3.05, 3.63) is 39.9 Å². The summed E-state index contributed by atoms with van der Waals surface area (Å²) >= 11 is 9.09. The van der Waals surface area contributed by atoms with Gasteiger partial charge < -0.3 is 10.6 Å². The number of halogens is 1. The molecule has 1 aromatic carbocycles. The molecule has 0 unspecified atom stereocenters. The van der Waals surface area contributed by atoms with Gasteiger partial charge in [0.2, 0.25) is 5.91 Å². The van der Waals surface area contributed by atoms with Gasteiger partial charge in [-0.05, 0) is 38.0 Å². The van der Waals surface area contributed by atoms with E-state index in [0.29, 0.717) is 16.6 Å². The maximum absolute atomic E-state index is 12.1. The van der Waals surface area contributed by atoms with E-state index in [0.717, 1.165) is 51.9 Å². The number of nitrogens with zero attached hydrogens (tertiary/aromatic N) is 2. The van der Waals surface area contributed by atoms with Gasteiger partial charge in [0.15, 0.2) is 10.3 Å². The summed E-state index contributed by atoms with van der Waals surface area (Å²) < 4.78 is 0. The Morgan fingerprint density at radius 1 is 1.14 bits per heavy atom. The Morgan fingerprint density at radius 3 is 2.76 bits per heavy atom. The van der Waals surface area contributed by atoms with E-state index < -0.39 is 0 Å². The number of amides is 1. The third-order valence-corrected chi connectivity index (χ3v) is 6.57. The van der Waals surface area contributed by atoms with E-state index in [2.05, 4.69) is 22.5 Å². The molecule has 0 fully saturated rings. The average Bonchev–Trinajstić information content (AvgIpc) is 3.28. The second-order valence-corrected chi connectivity index (χ2v) is 9.21. The number of carbonyl (C=O) groups is 1. The van der Waals surface area contributed by atoms with Crippen LogP contribution in [0.1, 0.15) is 50.3 Å². The standard InChI is InChI=1S/C21H25ClN4OS2/c1-4-5-6-7-8-18(27)26-21-23-14(3)19(29-21)17-12-28-20(25-17)24-16-11-15(22)10-9-13(16)2/h9-12H,4-8H2,1-3H3,(H,24,25)(H,23,26,27). The molecule has 0 saturated heterocycles. The van der Waals surface area contributed by atoms with Crippen LogP contribution in [0.3, 0.4) is 0 Å². The lowest BCUT2D eigenvalue weighted by Gasteiger charge is -2.06. The van der Waals surface area contributed by atoms with E-state index in [9.17, 15) is 4.79 Å². The van der Waals surface area contributed by atoms with E-state index in [1.807, 2.05) is 37.4 Å². The summed E-state index contributed by atoms with van der Waals surface area (Å²) in [6.45, 7) is 6.13. The number of aromatic nitrogens is 2. The topological polar surface area (TPSA) is 66.9 Å². The Balaban J connectivity index is 1.66. The van der Waals surface area contributed by atoms with Crippen molar-refractivity contribution in [2.45, 2.75) is 52.9 Å². The zero-order valence-electron chi connectivity index (χ0n) is 16.8. The van der Waals surface area contributed by atoms with Gasteiger partial charge in [0.05, 0.1) is 16.3 Å². The molecular formula is C21H25ClN4OS2. The molecule has 0 aliphatic heterocycles. The number of hydrogen-bond acceptors (Lipinski definition) is 6. The van der Waals surface area contributed by atoms with Gasteiger partial charge in [0, 0.05) is 22.5 Å². The van der Waals surface area contributed by atoms with Crippen LogP contribution in [-0.4, -0.2) is 15.9 Å². The minimum Gasteiger partial charge on any atom is -0.331 e. The Morgan fingerprint density at radius 2 is 1.97 bits per heavy atom. The van der Waals surface area contributed by atoms with E-state index in [-0.39, 0.29) is 5.91 Å². The summed E-state index contributed by atoms with van der Waals surface area (Å²) in [4.78, 5) is 22.3. The van der Waals surface area contributed by atoms with Gasteiger partial charge >= 0.3 is 0 Å². The summed E-state index contributed by atoms with van der Waals surface area (Å²) in [6.07, 6.45) is 4.88. The Kier molecular flexibility index (Phi) is 7.64. The third kappa shape index (κ3) is 6.01. The molecule has 0 spiro atoms. The largest absolute Gasteiger partial charge is 0.331 e. The summed E-state index contributed by atoms with van der Waals surface area (Å²) in [5.74, 6) is 0.0264. The SMILES string of the molecule is CCCCCCC(=O)Nc1nc(C)c(-c2csc(Nc3cc(Cl)ccc3C)n2)s1. The smallest absolute Gasteiger partial charge is 0.226 e. The molecule has 0 aliphatic carbocycles. The average molecular weight is 449 g/mol. The fourth-order valence-corrected chi connectivity index (χ4v) is 4.76. The van der Waals surface area contributed by atoms with Gasteiger partial charge in [-0.15, -0.1) is 11.3 Å². The monoisotopic (exact) mass is 448 g/mol. The van der Waals surface area contributed by atoms with E-state index in [1.165, 1.54) is 29.1 Å². The van der Waals surface area contributed by atoms with Crippen molar-refractivity contribution in [1.29, 1.82) is 0 Å². The molecular weight excluding hydrogens is 424 g/mol. The molecule has 2 heterocycles. The maximum Gasteiger partial charge on any atom is 0.226 e. The normalized spacial score (nSPS) is 10.9. The van der Waals surface area contributed by atoms with Crippen molar-refractivity contribution < 1.29 is 4.79 Å². The van der Waals surface area contributed by atoms with Crippen molar-refractivity contribution in [2.75, 3.05) is 10.6 Å². The van der Waals surface area contributed by atoms with Crippen LogP contribution in [0.2, 0.25) is 5.02 Å². The number of hydrogen-bond donors (Lipinski definition) is 2. The lowest BCUT2D eigenvalue weighted by atomic mass is 10.1. The van der Waals surface area contributed by atoms with E-state index in [1.54, 1.807) is 0 Å². The summed E-state index contributed by atoms with van der Waals surface area (Å²) in [5.41, 5.74) is 3.77. The molecule has 3 rings (SSSR count). The predicted octanol–water partition coefficient (Wildman–Crippen LogP) is 7.19. The van der Waals surface area contributed by atoms with Gasteiger partial charge in [0.1, 0.15) is 0 Å². The van der Waals surface area contributed by atoms with Crippen molar-refractivity contribution in [3.63, 3.8) is 0 Å². The molecule has 0 aliphatic rings. The number of carbonyl (C=O) groups excluding carboxylic acids is 1. The van der Waals surface area contributed by atoms with Gasteiger partial charge in [-0.2, -0.15) is 0 Å². The predicted molar refractivity (Wildman–Crippen MR) is 125 cm³/mol. The van der Waals surface area contributed by atoms with Gasteiger partial charge in [0.25, 0.3) is 0 Å². The van der Waals surface area contributed by atoms with Gasteiger partial charge in [-0.25, -0.2) is 9.97 Å². The van der Waals surface area contributed by atoms with Gasteiger partial charge in [-0.3, -0.25) is 4.79 Å². The van der Waals surface area contributed by atoms with Crippen molar-refractivity contribution >= 4 is 56.1 Å². The molecule has 29 heavy (non-hydrogen) atoms. The molecule has 8 heteroatoms. The highest BCUT2D eigenvalue weighted by Gasteiger charge is 2.15. The van der Waals surface area contributed by atoms with Crippen LogP contribution in [-0.2, 0) is 4.79 Å². The number of nitrogens with one attached hydrogen (secondary N) is 2. The minimum absolute atomic E-state index is 0.0264. The Labute approximate surface area is 184 Å². The third-order valence-electron chi connectivity index (χ3n) is 4.48. The minimum atomic E-state index is 0.0264. The molecule has 1 amide bonds. The molecule has 0 radical (unpaired) electrons. The Bertz CT molecular complexity index is 983. The first-order valence-corrected chi connectivity index (χ1v) is 11.8. The van der Waals surface area contributed by atoms with E-state index >= 15 is 0 Å².